The zero-order valence-electron chi connectivity index (χ0n) is 14.2. The van der Waals surface area contributed by atoms with Crippen LogP contribution in [0, 0.1) is 0 Å². The molecule has 0 fully saturated rings. The molecule has 0 aromatic heterocycles. The predicted molar refractivity (Wildman–Crippen MR) is 88.8 cm³/mol. The third-order valence-electron chi connectivity index (χ3n) is 3.61. The van der Waals surface area contributed by atoms with Gasteiger partial charge in [-0.25, -0.2) is 8.42 Å². The molecule has 0 spiro atoms. The van der Waals surface area contributed by atoms with E-state index in [1.54, 1.807) is 0 Å². The molecule has 0 aliphatic carbocycles. The fraction of sp³-hybridized carbons (Fsp3) is 0.333. The third-order valence-corrected chi connectivity index (χ3v) is 4.46. The zero-order chi connectivity index (χ0) is 16.7. The molecule has 0 atom stereocenters. The Kier molecular flexibility index (Phi) is 9.02. The van der Waals surface area contributed by atoms with Gasteiger partial charge in [-0.1, -0.05) is 44.4 Å². The molecule has 0 aliphatic heterocycles. The van der Waals surface area contributed by atoms with Crippen molar-refractivity contribution in [1.82, 2.24) is 0 Å². The minimum Gasteiger partial charge on any atom is -0.744 e. The summed E-state index contributed by atoms with van der Waals surface area (Å²) in [4.78, 5) is -0.252. The molecule has 4 nitrogen and oxygen atoms in total. The van der Waals surface area contributed by atoms with E-state index < -0.39 is 10.1 Å². The van der Waals surface area contributed by atoms with Crippen molar-refractivity contribution in [2.75, 3.05) is 0 Å². The van der Waals surface area contributed by atoms with E-state index >= 15 is 0 Å². The molecular weight excluding hydrogens is 335 g/mol. The van der Waals surface area contributed by atoms with Crippen molar-refractivity contribution in [1.29, 1.82) is 0 Å². The van der Waals surface area contributed by atoms with Gasteiger partial charge in [0.15, 0.2) is 0 Å². The number of hydrogen-bond acceptors (Lipinski definition) is 4. The molecule has 124 valence electrons. The predicted octanol–water partition coefficient (Wildman–Crippen LogP) is 1.51. The van der Waals surface area contributed by atoms with Crippen LogP contribution in [0.2, 0.25) is 0 Å². The molecular formula is C18H21NaO4S. The first kappa shape index (κ1) is 21.2. The molecule has 0 radical (unpaired) electrons. The number of benzene rings is 2. The van der Waals surface area contributed by atoms with Crippen LogP contribution in [0.5, 0.6) is 11.5 Å². The molecule has 0 aliphatic rings. The van der Waals surface area contributed by atoms with E-state index in [0.717, 1.165) is 24.2 Å². The standard InChI is InChI=1S/C18H22O4S.Na/c1-2-3-4-5-8-15-9-6-7-10-18(15)22-16-11-13-17(14-12-16)23(19,20)21;/h6-7,9-14H,2-5,8H2,1H3,(H,19,20,21);/q;+1/p-1. The number of hydrogen-bond donors (Lipinski definition) is 0. The van der Waals surface area contributed by atoms with E-state index in [-0.39, 0.29) is 34.5 Å². The Balaban J connectivity index is 0.00000288. The maximum Gasteiger partial charge on any atom is 1.00 e. The van der Waals surface area contributed by atoms with Crippen molar-refractivity contribution < 1.29 is 47.3 Å². The van der Waals surface area contributed by atoms with Crippen molar-refractivity contribution in [3.63, 3.8) is 0 Å². The summed E-state index contributed by atoms with van der Waals surface area (Å²) in [7, 11) is -4.42. The number of ether oxygens (including phenoxy) is 1. The Labute approximate surface area is 166 Å². The molecule has 0 N–H and O–H groups in total. The Morgan fingerprint density at radius 1 is 0.958 bits per heavy atom. The van der Waals surface area contributed by atoms with Gasteiger partial charge in [-0.3, -0.25) is 0 Å². The number of rotatable bonds is 8. The van der Waals surface area contributed by atoms with Crippen molar-refractivity contribution in [3.05, 3.63) is 54.1 Å². The number of unbranched alkanes of at least 4 members (excludes halogenated alkanes) is 3. The Hall–Kier alpha value is -0.850. The summed E-state index contributed by atoms with van der Waals surface area (Å²) in [5, 5.41) is 0. The largest absolute Gasteiger partial charge is 1.00 e. The van der Waals surface area contributed by atoms with Gasteiger partial charge in [0, 0.05) is 0 Å². The minimum absolute atomic E-state index is 0. The average molecular weight is 356 g/mol. The van der Waals surface area contributed by atoms with Crippen LogP contribution in [0.3, 0.4) is 0 Å². The van der Waals surface area contributed by atoms with E-state index in [0.29, 0.717) is 5.75 Å². The van der Waals surface area contributed by atoms with E-state index in [4.69, 9.17) is 4.74 Å². The summed E-state index contributed by atoms with van der Waals surface area (Å²) in [6, 6.07) is 13.3. The summed E-state index contributed by atoms with van der Waals surface area (Å²) in [5.74, 6) is 1.28. The van der Waals surface area contributed by atoms with Gasteiger partial charge in [-0.05, 0) is 48.7 Å². The maximum absolute atomic E-state index is 10.9. The second-order valence-electron chi connectivity index (χ2n) is 5.45. The molecule has 0 saturated heterocycles. The van der Waals surface area contributed by atoms with E-state index in [9.17, 15) is 13.0 Å². The van der Waals surface area contributed by atoms with Crippen molar-refractivity contribution in [3.8, 4) is 11.5 Å². The van der Waals surface area contributed by atoms with E-state index in [1.807, 2.05) is 24.3 Å². The van der Waals surface area contributed by atoms with Crippen LogP contribution in [0.4, 0.5) is 0 Å². The molecule has 6 heteroatoms. The summed E-state index contributed by atoms with van der Waals surface area (Å²) in [6.45, 7) is 2.18. The van der Waals surface area contributed by atoms with Crippen LogP contribution in [0.1, 0.15) is 38.2 Å². The molecule has 0 amide bonds. The maximum atomic E-state index is 10.9. The second kappa shape index (κ2) is 10.2. The number of aryl methyl sites for hydroxylation is 1. The van der Waals surface area contributed by atoms with Gasteiger partial charge in [0.05, 0.1) is 4.90 Å². The topological polar surface area (TPSA) is 66.4 Å². The van der Waals surface area contributed by atoms with Crippen LogP contribution < -0.4 is 34.3 Å². The molecule has 0 bridgehead atoms. The second-order valence-corrected chi connectivity index (χ2v) is 6.83. The molecule has 0 heterocycles. The van der Waals surface area contributed by atoms with Crippen molar-refractivity contribution in [2.45, 2.75) is 43.9 Å². The molecule has 2 aromatic carbocycles. The number of para-hydroxylation sites is 1. The Morgan fingerprint density at radius 3 is 2.25 bits per heavy atom. The van der Waals surface area contributed by atoms with Crippen LogP contribution in [-0.4, -0.2) is 13.0 Å². The summed E-state index contributed by atoms with van der Waals surface area (Å²) in [6.07, 6.45) is 5.69. The van der Waals surface area contributed by atoms with Gasteiger partial charge in [-0.15, -0.1) is 0 Å². The first-order chi connectivity index (χ1) is 11.0. The third kappa shape index (κ3) is 6.57. The average Bonchev–Trinajstić information content (AvgIpc) is 2.53. The van der Waals surface area contributed by atoms with Crippen LogP contribution >= 0.6 is 0 Å². The smallest absolute Gasteiger partial charge is 0.744 e. The van der Waals surface area contributed by atoms with Crippen molar-refractivity contribution >= 4 is 10.1 Å². The Bertz CT molecular complexity index is 727. The first-order valence-corrected chi connectivity index (χ1v) is 9.23. The van der Waals surface area contributed by atoms with Crippen LogP contribution in [0.15, 0.2) is 53.4 Å². The van der Waals surface area contributed by atoms with Crippen molar-refractivity contribution in [2.24, 2.45) is 0 Å². The van der Waals surface area contributed by atoms with Crippen LogP contribution in [0.25, 0.3) is 0 Å². The summed E-state index contributed by atoms with van der Waals surface area (Å²) in [5.41, 5.74) is 1.13. The van der Waals surface area contributed by atoms with Crippen LogP contribution in [-0.2, 0) is 16.5 Å². The zero-order valence-corrected chi connectivity index (χ0v) is 17.0. The monoisotopic (exact) mass is 356 g/mol. The van der Waals surface area contributed by atoms with Gasteiger partial charge in [0.25, 0.3) is 0 Å². The van der Waals surface area contributed by atoms with Gasteiger partial charge in [-0.2, -0.15) is 0 Å². The first-order valence-electron chi connectivity index (χ1n) is 7.82. The van der Waals surface area contributed by atoms with Gasteiger partial charge >= 0.3 is 29.6 Å². The Morgan fingerprint density at radius 2 is 1.62 bits per heavy atom. The minimum atomic E-state index is -4.42. The molecule has 2 rings (SSSR count). The molecule has 2 aromatic rings. The quantitative estimate of drug-likeness (QED) is 0.409. The normalized spacial score (nSPS) is 10.9. The van der Waals surface area contributed by atoms with E-state index in [1.165, 1.54) is 43.5 Å². The molecule has 0 saturated carbocycles. The summed E-state index contributed by atoms with van der Waals surface area (Å²) < 4.78 is 38.6. The fourth-order valence-corrected chi connectivity index (χ4v) is 2.82. The van der Waals surface area contributed by atoms with E-state index in [2.05, 4.69) is 6.92 Å². The SMILES string of the molecule is CCCCCCc1ccccc1Oc1ccc(S(=O)(=O)[O-])cc1.[Na+]. The van der Waals surface area contributed by atoms with Gasteiger partial charge < -0.3 is 9.29 Å². The van der Waals surface area contributed by atoms with Gasteiger partial charge in [0.2, 0.25) is 0 Å². The molecule has 24 heavy (non-hydrogen) atoms. The van der Waals surface area contributed by atoms with Gasteiger partial charge in [0.1, 0.15) is 21.6 Å². The molecule has 0 unspecified atom stereocenters. The fourth-order valence-electron chi connectivity index (χ4n) is 2.35. The summed E-state index contributed by atoms with van der Waals surface area (Å²) >= 11 is 0.